The molecule has 0 aromatic rings. The first-order valence-electron chi connectivity index (χ1n) is 7.56. The summed E-state index contributed by atoms with van der Waals surface area (Å²) in [5.74, 6) is 0.527. The van der Waals surface area contributed by atoms with Crippen molar-refractivity contribution in [1.29, 1.82) is 0 Å². The summed E-state index contributed by atoms with van der Waals surface area (Å²) in [6, 6.07) is 0.261. The van der Waals surface area contributed by atoms with Gasteiger partial charge in [0, 0.05) is 18.4 Å². The minimum absolute atomic E-state index is 0.181. The molecule has 0 fully saturated rings. The van der Waals surface area contributed by atoms with Gasteiger partial charge in [0.05, 0.1) is 11.9 Å². The average molecular weight is 293 g/mol. The van der Waals surface area contributed by atoms with Crippen LogP contribution in [0.3, 0.4) is 0 Å². The van der Waals surface area contributed by atoms with Crippen molar-refractivity contribution in [3.05, 3.63) is 0 Å². The number of hydrogen-bond acceptors (Lipinski definition) is 4. The highest BCUT2D eigenvalue weighted by molar-refractivity contribution is 7.91. The molecule has 0 radical (unpaired) electrons. The second-order valence-electron chi connectivity index (χ2n) is 4.84. The summed E-state index contributed by atoms with van der Waals surface area (Å²) in [6.07, 6.45) is 3.78. The lowest BCUT2D eigenvalue weighted by atomic mass is 10.0. The van der Waals surface area contributed by atoms with Gasteiger partial charge in [-0.1, -0.05) is 20.8 Å². The van der Waals surface area contributed by atoms with E-state index in [1.807, 2.05) is 6.92 Å². The maximum atomic E-state index is 11.5. The average Bonchev–Trinajstić information content (AvgIpc) is 2.40. The van der Waals surface area contributed by atoms with Gasteiger partial charge in [0.1, 0.15) is 9.84 Å². The molecule has 2 unspecified atom stereocenters. The largest absolute Gasteiger partial charge is 0.377 e. The summed E-state index contributed by atoms with van der Waals surface area (Å²) in [5.41, 5.74) is 0. The van der Waals surface area contributed by atoms with Gasteiger partial charge >= 0.3 is 0 Å². The van der Waals surface area contributed by atoms with Crippen LogP contribution in [0.25, 0.3) is 0 Å². The standard InChI is InChI=1S/C14H31NO3S/c1-5-11-15-13(14(6-2)18-7-3)10-9-12-19(16,17)8-4/h13-15H,5-12H2,1-4H3. The third-order valence-corrected chi connectivity index (χ3v) is 5.09. The maximum absolute atomic E-state index is 11.5. The lowest BCUT2D eigenvalue weighted by Gasteiger charge is -2.27. The lowest BCUT2D eigenvalue weighted by Crippen LogP contribution is -2.41. The molecular formula is C14H31NO3S. The van der Waals surface area contributed by atoms with Crippen LogP contribution in [0.4, 0.5) is 0 Å². The van der Waals surface area contributed by atoms with E-state index >= 15 is 0 Å². The summed E-state index contributed by atoms with van der Waals surface area (Å²) in [7, 11) is -2.85. The van der Waals surface area contributed by atoms with E-state index in [1.165, 1.54) is 0 Å². The lowest BCUT2D eigenvalue weighted by molar-refractivity contribution is 0.0295. The van der Waals surface area contributed by atoms with Crippen molar-refractivity contribution in [2.45, 2.75) is 65.5 Å². The van der Waals surface area contributed by atoms with Crippen molar-refractivity contribution in [1.82, 2.24) is 5.32 Å². The van der Waals surface area contributed by atoms with Gasteiger partial charge in [-0.15, -0.1) is 0 Å². The van der Waals surface area contributed by atoms with Crippen LogP contribution in [-0.2, 0) is 14.6 Å². The molecule has 0 rings (SSSR count). The minimum atomic E-state index is -2.85. The molecule has 0 heterocycles. The quantitative estimate of drug-likeness (QED) is 0.600. The van der Waals surface area contributed by atoms with Gasteiger partial charge in [0.15, 0.2) is 0 Å². The Morgan fingerprint density at radius 2 is 1.84 bits per heavy atom. The maximum Gasteiger partial charge on any atom is 0.150 e. The minimum Gasteiger partial charge on any atom is -0.377 e. The van der Waals surface area contributed by atoms with Crippen LogP contribution in [0, 0.1) is 0 Å². The molecular weight excluding hydrogens is 262 g/mol. The zero-order valence-electron chi connectivity index (χ0n) is 12.9. The second kappa shape index (κ2) is 10.6. The van der Waals surface area contributed by atoms with Gasteiger partial charge in [-0.05, 0) is 39.2 Å². The normalized spacial score (nSPS) is 15.4. The molecule has 4 nitrogen and oxygen atoms in total. The fourth-order valence-electron chi connectivity index (χ4n) is 2.15. The van der Waals surface area contributed by atoms with Gasteiger partial charge in [0.25, 0.3) is 0 Å². The number of ether oxygens (including phenoxy) is 1. The molecule has 0 amide bonds. The summed E-state index contributed by atoms with van der Waals surface area (Å²) >= 11 is 0. The Labute approximate surface area is 119 Å². The molecule has 0 aromatic heterocycles. The van der Waals surface area contributed by atoms with Crippen molar-refractivity contribution in [3.63, 3.8) is 0 Å². The SMILES string of the molecule is CCCNC(CCCS(=O)(=O)CC)C(CC)OCC. The van der Waals surface area contributed by atoms with Crippen molar-refractivity contribution in [3.8, 4) is 0 Å². The molecule has 5 heteroatoms. The molecule has 0 aliphatic rings. The Morgan fingerprint density at radius 1 is 1.16 bits per heavy atom. The molecule has 0 saturated carbocycles. The third kappa shape index (κ3) is 8.60. The first-order chi connectivity index (χ1) is 9.00. The topological polar surface area (TPSA) is 55.4 Å². The van der Waals surface area contributed by atoms with Crippen LogP contribution in [0.5, 0.6) is 0 Å². The summed E-state index contributed by atoms with van der Waals surface area (Å²) in [5, 5.41) is 3.49. The van der Waals surface area contributed by atoms with Gasteiger partial charge < -0.3 is 10.1 Å². The number of rotatable bonds is 12. The molecule has 19 heavy (non-hydrogen) atoms. The molecule has 0 aromatic carbocycles. The van der Waals surface area contributed by atoms with Crippen LogP contribution in [0.2, 0.25) is 0 Å². The highest BCUT2D eigenvalue weighted by Gasteiger charge is 2.20. The number of sulfone groups is 1. The van der Waals surface area contributed by atoms with Gasteiger partial charge in [-0.3, -0.25) is 0 Å². The van der Waals surface area contributed by atoms with Gasteiger partial charge in [-0.25, -0.2) is 8.42 Å². The summed E-state index contributed by atoms with van der Waals surface area (Å²) in [4.78, 5) is 0. The van der Waals surface area contributed by atoms with E-state index in [1.54, 1.807) is 6.92 Å². The number of hydrogen-bond donors (Lipinski definition) is 1. The Bertz CT molecular complexity index is 304. The molecule has 0 saturated heterocycles. The van der Waals surface area contributed by atoms with E-state index in [2.05, 4.69) is 19.2 Å². The Hall–Kier alpha value is -0.130. The first kappa shape index (κ1) is 18.9. The molecule has 0 bridgehead atoms. The fraction of sp³-hybridized carbons (Fsp3) is 1.00. The van der Waals surface area contributed by atoms with E-state index in [4.69, 9.17) is 4.74 Å². The monoisotopic (exact) mass is 293 g/mol. The first-order valence-corrected chi connectivity index (χ1v) is 9.38. The number of nitrogens with one attached hydrogen (secondary N) is 1. The summed E-state index contributed by atoms with van der Waals surface area (Å²) in [6.45, 7) is 9.61. The van der Waals surface area contributed by atoms with Crippen molar-refractivity contribution < 1.29 is 13.2 Å². The van der Waals surface area contributed by atoms with E-state index in [-0.39, 0.29) is 23.7 Å². The molecule has 2 atom stereocenters. The Balaban J connectivity index is 4.33. The van der Waals surface area contributed by atoms with Crippen molar-refractivity contribution >= 4 is 9.84 Å². The highest BCUT2D eigenvalue weighted by Crippen LogP contribution is 2.11. The van der Waals surface area contributed by atoms with Crippen LogP contribution in [0.1, 0.15) is 53.4 Å². The molecule has 1 N–H and O–H groups in total. The second-order valence-corrected chi connectivity index (χ2v) is 7.31. The predicted molar refractivity (Wildman–Crippen MR) is 81.3 cm³/mol. The third-order valence-electron chi connectivity index (χ3n) is 3.30. The molecule has 0 aliphatic carbocycles. The van der Waals surface area contributed by atoms with Crippen molar-refractivity contribution in [2.75, 3.05) is 24.7 Å². The molecule has 0 spiro atoms. The van der Waals surface area contributed by atoms with Crippen LogP contribution >= 0.6 is 0 Å². The zero-order chi connectivity index (χ0) is 14.7. The highest BCUT2D eigenvalue weighted by atomic mass is 32.2. The predicted octanol–water partition coefficient (Wildman–Crippen LogP) is 2.38. The van der Waals surface area contributed by atoms with E-state index in [9.17, 15) is 8.42 Å². The molecule has 116 valence electrons. The van der Waals surface area contributed by atoms with E-state index in [0.717, 1.165) is 25.8 Å². The smallest absolute Gasteiger partial charge is 0.150 e. The molecule has 0 aliphatic heterocycles. The zero-order valence-corrected chi connectivity index (χ0v) is 13.8. The Kier molecular flexibility index (Phi) is 10.6. The van der Waals surface area contributed by atoms with E-state index < -0.39 is 9.84 Å². The fourth-order valence-corrected chi connectivity index (χ4v) is 3.04. The van der Waals surface area contributed by atoms with Crippen LogP contribution in [0.15, 0.2) is 0 Å². The van der Waals surface area contributed by atoms with Crippen LogP contribution < -0.4 is 5.32 Å². The van der Waals surface area contributed by atoms with E-state index in [0.29, 0.717) is 13.0 Å². The van der Waals surface area contributed by atoms with Crippen LogP contribution in [-0.4, -0.2) is 45.2 Å². The summed E-state index contributed by atoms with van der Waals surface area (Å²) < 4.78 is 28.8. The van der Waals surface area contributed by atoms with Crippen molar-refractivity contribution in [2.24, 2.45) is 0 Å². The van der Waals surface area contributed by atoms with Gasteiger partial charge in [-0.2, -0.15) is 0 Å². The van der Waals surface area contributed by atoms with Gasteiger partial charge in [0.2, 0.25) is 0 Å². The Morgan fingerprint density at radius 3 is 2.32 bits per heavy atom.